The number of aryl methyl sites for hydroxylation is 1. The highest BCUT2D eigenvalue weighted by Crippen LogP contribution is 2.23. The molecule has 0 spiro atoms. The fourth-order valence-corrected chi connectivity index (χ4v) is 3.67. The first-order valence-electron chi connectivity index (χ1n) is 7.93. The van der Waals surface area contributed by atoms with Crippen molar-refractivity contribution in [1.29, 1.82) is 0 Å². The van der Waals surface area contributed by atoms with Gasteiger partial charge in [0.2, 0.25) is 0 Å². The maximum absolute atomic E-state index is 13.6. The van der Waals surface area contributed by atoms with Gasteiger partial charge < -0.3 is 4.57 Å². The van der Waals surface area contributed by atoms with E-state index in [2.05, 4.69) is 36.0 Å². The van der Waals surface area contributed by atoms with Crippen LogP contribution in [0.4, 0.5) is 4.39 Å². The van der Waals surface area contributed by atoms with Crippen LogP contribution in [-0.2, 0) is 11.3 Å². The summed E-state index contributed by atoms with van der Waals surface area (Å²) in [6, 6.07) is 12.4. The Kier molecular flexibility index (Phi) is 6.05. The van der Waals surface area contributed by atoms with E-state index in [0.717, 1.165) is 27.2 Å². The van der Waals surface area contributed by atoms with Crippen LogP contribution in [0.15, 0.2) is 57.2 Å². The van der Waals surface area contributed by atoms with E-state index in [-0.39, 0.29) is 11.7 Å². The number of aromatic nitrogens is 2. The number of para-hydroxylation sites is 2. The molecule has 0 unspecified atom stereocenters. The molecular formula is C18H16BrFN4OS. The monoisotopic (exact) mass is 434 g/mol. The number of carbonyl (C=O) groups is 1. The van der Waals surface area contributed by atoms with Gasteiger partial charge in [-0.1, -0.05) is 39.8 Å². The first-order valence-corrected chi connectivity index (χ1v) is 9.71. The molecule has 3 rings (SSSR count). The molecule has 0 aliphatic carbocycles. The highest BCUT2D eigenvalue weighted by molar-refractivity contribution is 9.10. The van der Waals surface area contributed by atoms with Gasteiger partial charge in [0.05, 0.1) is 23.0 Å². The molecule has 0 aliphatic rings. The number of hydrazone groups is 1. The van der Waals surface area contributed by atoms with Crippen LogP contribution < -0.4 is 5.43 Å². The van der Waals surface area contributed by atoms with E-state index < -0.39 is 5.82 Å². The topological polar surface area (TPSA) is 59.3 Å². The van der Waals surface area contributed by atoms with Gasteiger partial charge in [-0.2, -0.15) is 5.10 Å². The molecule has 134 valence electrons. The van der Waals surface area contributed by atoms with Crippen molar-refractivity contribution in [2.45, 2.75) is 18.6 Å². The lowest BCUT2D eigenvalue weighted by molar-refractivity contribution is -0.118. The van der Waals surface area contributed by atoms with Crippen LogP contribution in [0, 0.1) is 5.82 Å². The van der Waals surface area contributed by atoms with Crippen LogP contribution in [0.2, 0.25) is 0 Å². The third-order valence-corrected chi connectivity index (χ3v) is 5.09. The molecule has 0 saturated heterocycles. The Labute approximate surface area is 162 Å². The highest BCUT2D eigenvalue weighted by atomic mass is 79.9. The van der Waals surface area contributed by atoms with Gasteiger partial charge >= 0.3 is 0 Å². The standard InChI is InChI=1S/C18H16BrFN4OS/c1-2-24-16-6-4-3-5-15(16)22-18(24)26-11-17(25)23-21-10-12-9-13(19)7-8-14(12)20/h3-10H,2,11H2,1H3,(H,23,25)/b21-10+. The number of carbonyl (C=O) groups excluding carboxylic acids is 1. The van der Waals surface area contributed by atoms with Gasteiger partial charge in [0, 0.05) is 16.6 Å². The molecule has 26 heavy (non-hydrogen) atoms. The number of fused-ring (bicyclic) bond motifs is 1. The Morgan fingerprint density at radius 1 is 1.38 bits per heavy atom. The number of amides is 1. The Morgan fingerprint density at radius 3 is 3.00 bits per heavy atom. The molecule has 8 heteroatoms. The van der Waals surface area contributed by atoms with Gasteiger partial charge in [-0.25, -0.2) is 14.8 Å². The lowest BCUT2D eigenvalue weighted by Crippen LogP contribution is -2.20. The minimum absolute atomic E-state index is 0.168. The van der Waals surface area contributed by atoms with E-state index in [1.807, 2.05) is 31.2 Å². The van der Waals surface area contributed by atoms with Crippen LogP contribution >= 0.6 is 27.7 Å². The van der Waals surface area contributed by atoms with E-state index in [9.17, 15) is 9.18 Å². The minimum atomic E-state index is -0.405. The number of benzene rings is 2. The Balaban J connectivity index is 1.61. The summed E-state index contributed by atoms with van der Waals surface area (Å²) in [5.41, 5.74) is 4.65. The molecule has 1 aromatic heterocycles. The number of hydrogen-bond donors (Lipinski definition) is 1. The molecule has 5 nitrogen and oxygen atoms in total. The maximum atomic E-state index is 13.6. The predicted molar refractivity (Wildman–Crippen MR) is 106 cm³/mol. The smallest absolute Gasteiger partial charge is 0.250 e. The average molecular weight is 435 g/mol. The molecule has 0 bridgehead atoms. The molecule has 0 aliphatic heterocycles. The second-order valence-corrected chi connectivity index (χ2v) is 7.23. The number of nitrogens with zero attached hydrogens (tertiary/aromatic N) is 3. The van der Waals surface area contributed by atoms with E-state index in [1.165, 1.54) is 24.0 Å². The summed E-state index contributed by atoms with van der Waals surface area (Å²) in [5.74, 6) is -0.518. The van der Waals surface area contributed by atoms with Gasteiger partial charge in [-0.05, 0) is 37.3 Å². The summed E-state index contributed by atoms with van der Waals surface area (Å²) < 4.78 is 16.4. The quantitative estimate of drug-likeness (QED) is 0.359. The van der Waals surface area contributed by atoms with Crippen molar-refractivity contribution in [2.24, 2.45) is 5.10 Å². The summed E-state index contributed by atoms with van der Waals surface area (Å²) in [5, 5.41) is 4.60. The van der Waals surface area contributed by atoms with Crippen molar-refractivity contribution in [3.05, 3.63) is 58.3 Å². The Bertz CT molecular complexity index is 973. The van der Waals surface area contributed by atoms with Gasteiger partial charge in [-0.15, -0.1) is 0 Å². The average Bonchev–Trinajstić information content (AvgIpc) is 3.00. The summed E-state index contributed by atoms with van der Waals surface area (Å²) in [6.07, 6.45) is 1.28. The normalized spacial score (nSPS) is 11.3. The maximum Gasteiger partial charge on any atom is 0.250 e. The Morgan fingerprint density at radius 2 is 2.19 bits per heavy atom. The van der Waals surface area contributed by atoms with E-state index in [0.29, 0.717) is 5.56 Å². The fraction of sp³-hybridized carbons (Fsp3) is 0.167. The minimum Gasteiger partial charge on any atom is -0.319 e. The van der Waals surface area contributed by atoms with Crippen LogP contribution in [-0.4, -0.2) is 27.4 Å². The van der Waals surface area contributed by atoms with Crippen molar-refractivity contribution < 1.29 is 9.18 Å². The van der Waals surface area contributed by atoms with E-state index in [1.54, 1.807) is 12.1 Å². The number of hydrogen-bond acceptors (Lipinski definition) is 4. The van der Waals surface area contributed by atoms with Gasteiger partial charge in [0.15, 0.2) is 5.16 Å². The summed E-state index contributed by atoms with van der Waals surface area (Å²) in [6.45, 7) is 2.81. The van der Waals surface area contributed by atoms with Crippen LogP contribution in [0.1, 0.15) is 12.5 Å². The summed E-state index contributed by atoms with van der Waals surface area (Å²) in [7, 11) is 0. The fourth-order valence-electron chi connectivity index (χ4n) is 2.42. The van der Waals surface area contributed by atoms with Crippen LogP contribution in [0.25, 0.3) is 11.0 Å². The van der Waals surface area contributed by atoms with Gasteiger partial charge in [-0.3, -0.25) is 4.79 Å². The first kappa shape index (κ1) is 18.6. The largest absolute Gasteiger partial charge is 0.319 e. The van der Waals surface area contributed by atoms with Crippen molar-refractivity contribution >= 4 is 50.8 Å². The second-order valence-electron chi connectivity index (χ2n) is 5.38. The number of imidazole rings is 1. The van der Waals surface area contributed by atoms with E-state index in [4.69, 9.17) is 0 Å². The molecule has 1 N–H and O–H groups in total. The summed E-state index contributed by atoms with van der Waals surface area (Å²) in [4.78, 5) is 16.5. The SMILES string of the molecule is CCn1c(SCC(=O)N/N=C/c2cc(Br)ccc2F)nc2ccccc21. The number of thioether (sulfide) groups is 1. The highest BCUT2D eigenvalue weighted by Gasteiger charge is 2.11. The molecule has 3 aromatic rings. The molecule has 0 fully saturated rings. The number of halogens is 2. The lowest BCUT2D eigenvalue weighted by atomic mass is 10.2. The van der Waals surface area contributed by atoms with Gasteiger partial charge in [0.1, 0.15) is 5.82 Å². The zero-order valence-corrected chi connectivity index (χ0v) is 16.3. The predicted octanol–water partition coefficient (Wildman–Crippen LogP) is 4.20. The number of nitrogens with one attached hydrogen (secondary N) is 1. The van der Waals surface area contributed by atoms with Crippen LogP contribution in [0.3, 0.4) is 0 Å². The molecular weight excluding hydrogens is 419 g/mol. The third-order valence-electron chi connectivity index (χ3n) is 3.62. The number of rotatable bonds is 6. The summed E-state index contributed by atoms with van der Waals surface area (Å²) >= 11 is 4.61. The van der Waals surface area contributed by atoms with Crippen molar-refractivity contribution in [2.75, 3.05) is 5.75 Å². The lowest BCUT2D eigenvalue weighted by Gasteiger charge is -2.05. The zero-order valence-electron chi connectivity index (χ0n) is 13.9. The van der Waals surface area contributed by atoms with E-state index >= 15 is 0 Å². The molecule has 0 radical (unpaired) electrons. The van der Waals surface area contributed by atoms with Crippen LogP contribution in [0.5, 0.6) is 0 Å². The van der Waals surface area contributed by atoms with Crippen molar-refractivity contribution in [3.63, 3.8) is 0 Å². The van der Waals surface area contributed by atoms with Gasteiger partial charge in [0.25, 0.3) is 5.91 Å². The molecule has 0 atom stereocenters. The Hall–Kier alpha value is -2.19. The zero-order chi connectivity index (χ0) is 18.5. The first-order chi connectivity index (χ1) is 12.6. The molecule has 1 amide bonds. The van der Waals surface area contributed by atoms with Crippen molar-refractivity contribution in [1.82, 2.24) is 15.0 Å². The second kappa shape index (κ2) is 8.46. The van der Waals surface area contributed by atoms with Crippen molar-refractivity contribution in [3.8, 4) is 0 Å². The molecule has 1 heterocycles. The molecule has 2 aromatic carbocycles. The molecule has 0 saturated carbocycles. The third kappa shape index (κ3) is 4.31.